The topological polar surface area (TPSA) is 63.6 Å². The highest BCUT2D eigenvalue weighted by molar-refractivity contribution is 6.66. The zero-order valence-electron chi connectivity index (χ0n) is 26.7. The number of hydrogen-bond acceptors (Lipinski definition) is 4. The number of rotatable bonds is 8. The first-order valence-electron chi connectivity index (χ1n) is 15.2. The van der Waals surface area contributed by atoms with Gasteiger partial charge >= 0.3 is 5.97 Å². The summed E-state index contributed by atoms with van der Waals surface area (Å²) in [7, 11) is 0. The molecule has 5 atom stereocenters. The zero-order chi connectivity index (χ0) is 31.4. The number of aliphatic hydroxyl groups excluding tert-OH is 1. The molecule has 0 saturated carbocycles. The van der Waals surface area contributed by atoms with Crippen LogP contribution in [0.2, 0.25) is 0 Å². The van der Waals surface area contributed by atoms with E-state index in [0.717, 1.165) is 24.3 Å². The Bertz CT molecular complexity index is 926. The minimum Gasteiger partial charge on any atom is -0.462 e. The van der Waals surface area contributed by atoms with Gasteiger partial charge in [-0.05, 0) is 133 Å². The van der Waals surface area contributed by atoms with Crippen molar-refractivity contribution < 1.29 is 19.4 Å². The van der Waals surface area contributed by atoms with Crippen LogP contribution in [0.1, 0.15) is 99.3 Å². The van der Waals surface area contributed by atoms with Gasteiger partial charge in [-0.25, -0.2) is 4.79 Å². The van der Waals surface area contributed by atoms with E-state index >= 15 is 0 Å². The maximum atomic E-state index is 10.9. The first kappa shape index (κ1) is 38.8. The molecule has 0 heterocycles. The van der Waals surface area contributed by atoms with E-state index in [-0.39, 0.29) is 5.97 Å². The van der Waals surface area contributed by atoms with Crippen LogP contribution in [0.5, 0.6) is 0 Å². The highest BCUT2D eigenvalue weighted by Crippen LogP contribution is 2.30. The lowest BCUT2D eigenvalue weighted by Crippen LogP contribution is -2.20. The van der Waals surface area contributed by atoms with E-state index in [0.29, 0.717) is 31.0 Å². The van der Waals surface area contributed by atoms with Crippen molar-refractivity contribution in [2.24, 2.45) is 29.6 Å². The number of carbonyl (C=O) groups is 2. The minimum absolute atomic E-state index is 0.315. The van der Waals surface area contributed by atoms with Crippen LogP contribution in [0.3, 0.4) is 0 Å². The van der Waals surface area contributed by atoms with Gasteiger partial charge in [0, 0.05) is 12.7 Å². The smallest absolute Gasteiger partial charge is 0.330 e. The van der Waals surface area contributed by atoms with Crippen molar-refractivity contribution in [1.82, 2.24) is 0 Å². The average Bonchev–Trinajstić information content (AvgIpc) is 2.97. The quantitative estimate of drug-likeness (QED) is 0.133. The maximum absolute atomic E-state index is 10.9. The molecular weight excluding hydrogens is 532 g/mol. The van der Waals surface area contributed by atoms with Crippen LogP contribution < -0.4 is 0 Å². The minimum atomic E-state index is -0.509. The standard InChI is InChI=1S/C13H20O2.C10H18O.C10H16.C3H3ClO/c1-4-13(14)15-9-11(3)12-7-5-10(2)6-8-12;1-8-3-5-10(6-4-8)9(2)7-11;1-8(2)10-6-4-9(3)5-7-10;1-2-3(4)5/h4-5,11-12H,1,6-9H2,2-3H3;3,9-11H,4-7H2,1-2H3;4,10H,1,5-7H2,2-3H3;2H,1H2/t11?,12-;9?,10-;10-;/m000./s1. The zero-order valence-corrected chi connectivity index (χ0v) is 27.5. The first-order valence-corrected chi connectivity index (χ1v) is 15.6. The summed E-state index contributed by atoms with van der Waals surface area (Å²) >= 11 is 4.71. The summed E-state index contributed by atoms with van der Waals surface area (Å²) in [6, 6.07) is 0. The van der Waals surface area contributed by atoms with Gasteiger partial charge in [-0.2, -0.15) is 0 Å². The third-order valence-corrected chi connectivity index (χ3v) is 8.56. The molecular formula is C36H57ClO4. The van der Waals surface area contributed by atoms with Gasteiger partial charge < -0.3 is 9.84 Å². The van der Waals surface area contributed by atoms with Crippen molar-refractivity contribution in [3.8, 4) is 0 Å². The monoisotopic (exact) mass is 588 g/mol. The molecule has 0 fully saturated rings. The number of ether oxygens (including phenoxy) is 1. The molecule has 0 aromatic rings. The lowest BCUT2D eigenvalue weighted by atomic mass is 9.82. The molecule has 0 bridgehead atoms. The van der Waals surface area contributed by atoms with Gasteiger partial charge in [0.15, 0.2) is 0 Å². The van der Waals surface area contributed by atoms with E-state index in [2.05, 4.69) is 79.5 Å². The number of hydrogen-bond donors (Lipinski definition) is 1. The lowest BCUT2D eigenvalue weighted by molar-refractivity contribution is -0.139. The highest BCUT2D eigenvalue weighted by atomic mass is 35.5. The van der Waals surface area contributed by atoms with Gasteiger partial charge in [0.1, 0.15) is 0 Å². The molecule has 0 radical (unpaired) electrons. The third-order valence-electron chi connectivity index (χ3n) is 8.41. The summed E-state index contributed by atoms with van der Waals surface area (Å²) in [5, 5.41) is 8.42. The number of carbonyl (C=O) groups excluding carboxylic acids is 2. The molecule has 0 aromatic carbocycles. The van der Waals surface area contributed by atoms with Crippen LogP contribution in [-0.4, -0.2) is 29.5 Å². The molecule has 1 N–H and O–H groups in total. The Morgan fingerprint density at radius 2 is 1.34 bits per heavy atom. The number of esters is 1. The number of halogens is 1. The van der Waals surface area contributed by atoms with Crippen molar-refractivity contribution in [3.05, 3.63) is 72.4 Å². The lowest BCUT2D eigenvalue weighted by Gasteiger charge is -2.26. The molecule has 0 aliphatic heterocycles. The van der Waals surface area contributed by atoms with Crippen molar-refractivity contribution in [1.29, 1.82) is 0 Å². The second kappa shape index (κ2) is 22.4. The molecule has 4 nitrogen and oxygen atoms in total. The number of aliphatic hydroxyl groups is 1. The van der Waals surface area contributed by atoms with Crippen molar-refractivity contribution in [2.75, 3.05) is 13.2 Å². The molecule has 0 spiro atoms. The largest absolute Gasteiger partial charge is 0.462 e. The van der Waals surface area contributed by atoms with Gasteiger partial charge in [0.25, 0.3) is 0 Å². The molecule has 3 aliphatic rings. The Labute approximate surface area is 256 Å². The highest BCUT2D eigenvalue weighted by Gasteiger charge is 2.20. The van der Waals surface area contributed by atoms with Crippen LogP contribution in [0.4, 0.5) is 0 Å². The molecule has 0 amide bonds. The van der Waals surface area contributed by atoms with E-state index in [9.17, 15) is 9.59 Å². The molecule has 5 heteroatoms. The van der Waals surface area contributed by atoms with Gasteiger partial charge in [-0.1, -0.05) is 74.1 Å². The Morgan fingerprint density at radius 1 is 0.902 bits per heavy atom. The number of allylic oxidation sites excluding steroid dienone is 8. The average molecular weight is 589 g/mol. The van der Waals surface area contributed by atoms with Gasteiger partial charge in [0.2, 0.25) is 5.24 Å². The van der Waals surface area contributed by atoms with Crippen LogP contribution in [-0.2, 0) is 14.3 Å². The first-order chi connectivity index (χ1) is 19.3. The molecule has 3 aliphatic carbocycles. The molecule has 0 saturated heterocycles. The summed E-state index contributed by atoms with van der Waals surface area (Å²) in [4.78, 5) is 20.4. The van der Waals surface area contributed by atoms with Crippen molar-refractivity contribution in [3.63, 3.8) is 0 Å². The Morgan fingerprint density at radius 3 is 1.66 bits per heavy atom. The SMILES string of the molecule is C=C(C)[C@H]1CC=C(C)CC1.C=CC(=O)Cl.C=CC(=O)OCC(C)[C@H]1CC=C(C)CC1.CC1=CC[C@H](C(C)CO)CC1. The van der Waals surface area contributed by atoms with E-state index < -0.39 is 5.24 Å². The van der Waals surface area contributed by atoms with E-state index in [1.165, 1.54) is 74.2 Å². The van der Waals surface area contributed by atoms with E-state index in [4.69, 9.17) is 21.4 Å². The Hall–Kier alpha value is -2.17. The van der Waals surface area contributed by atoms with Crippen molar-refractivity contribution >= 4 is 22.8 Å². The fraction of sp³-hybridized carbons (Fsp3) is 0.611. The van der Waals surface area contributed by atoms with Crippen molar-refractivity contribution in [2.45, 2.75) is 99.3 Å². The molecule has 0 aromatic heterocycles. The third kappa shape index (κ3) is 18.8. The molecule has 3 rings (SSSR count). The summed E-state index contributed by atoms with van der Waals surface area (Å²) in [5.41, 5.74) is 5.91. The summed E-state index contributed by atoms with van der Waals surface area (Å²) in [6.07, 6.45) is 20.3. The summed E-state index contributed by atoms with van der Waals surface area (Å²) in [6.45, 7) is 24.3. The van der Waals surface area contributed by atoms with Crippen LogP contribution >= 0.6 is 11.6 Å². The second-order valence-corrected chi connectivity index (χ2v) is 12.4. The second-order valence-electron chi connectivity index (χ2n) is 12.0. The summed E-state index contributed by atoms with van der Waals surface area (Å²) in [5.74, 6) is 2.76. The van der Waals surface area contributed by atoms with Gasteiger partial charge in [-0.15, -0.1) is 0 Å². The van der Waals surface area contributed by atoms with Crippen LogP contribution in [0.25, 0.3) is 0 Å². The maximum Gasteiger partial charge on any atom is 0.330 e. The molecule has 41 heavy (non-hydrogen) atoms. The summed E-state index contributed by atoms with van der Waals surface area (Å²) < 4.78 is 5.06. The van der Waals surface area contributed by atoms with E-state index in [1.807, 2.05) is 0 Å². The van der Waals surface area contributed by atoms with E-state index in [1.54, 1.807) is 5.57 Å². The fourth-order valence-corrected chi connectivity index (χ4v) is 4.98. The van der Waals surface area contributed by atoms with Gasteiger partial charge in [0.05, 0.1) is 6.61 Å². The fourth-order valence-electron chi connectivity index (χ4n) is 4.98. The normalized spacial score (nSPS) is 22.9. The predicted octanol–water partition coefficient (Wildman–Crippen LogP) is 9.71. The van der Waals surface area contributed by atoms with Crippen LogP contribution in [0, 0.1) is 29.6 Å². The van der Waals surface area contributed by atoms with Crippen LogP contribution in [0.15, 0.2) is 72.4 Å². The predicted molar refractivity (Wildman–Crippen MR) is 176 cm³/mol. The molecule has 232 valence electrons. The van der Waals surface area contributed by atoms with Gasteiger partial charge in [-0.3, -0.25) is 4.79 Å². The molecule has 2 unspecified atom stereocenters. The Kier molecular flexibility index (Phi) is 21.2. The Balaban J connectivity index is 0.000000551.